The van der Waals surface area contributed by atoms with E-state index >= 15 is 0 Å². The van der Waals surface area contributed by atoms with E-state index in [1.54, 1.807) is 0 Å². The molecule has 0 atom stereocenters. The first kappa shape index (κ1) is 19.0. The Hall–Kier alpha value is -3.29. The van der Waals surface area contributed by atoms with Gasteiger partial charge in [-0.05, 0) is 29.1 Å². The molecule has 4 rings (SSSR count). The number of carbonyl (C=O) groups excluding carboxylic acids is 2. The van der Waals surface area contributed by atoms with Gasteiger partial charge in [-0.15, -0.1) is 22.7 Å². The molecule has 4 aromatic rings. The number of hydrogen-bond donors (Lipinski definition) is 2. The van der Waals surface area contributed by atoms with Crippen LogP contribution in [-0.2, 0) is 4.79 Å². The smallest absolute Gasteiger partial charge is 0.268 e. The minimum Gasteiger partial charge on any atom is -0.326 e. The monoisotopic (exact) mass is 419 g/mol. The van der Waals surface area contributed by atoms with Gasteiger partial charge in [-0.1, -0.05) is 42.5 Å². The Kier molecular flexibility index (Phi) is 5.50. The van der Waals surface area contributed by atoms with E-state index in [9.17, 15) is 9.59 Å². The third-order valence-corrected chi connectivity index (χ3v) is 5.85. The topological polar surface area (TPSA) is 71.1 Å². The van der Waals surface area contributed by atoms with Crippen LogP contribution in [0.1, 0.15) is 16.6 Å². The molecule has 2 aromatic carbocycles. The van der Waals surface area contributed by atoms with Crippen LogP contribution in [0.4, 0.5) is 10.8 Å². The van der Waals surface area contributed by atoms with E-state index in [-0.39, 0.29) is 11.8 Å². The van der Waals surface area contributed by atoms with Crippen molar-refractivity contribution in [3.63, 3.8) is 0 Å². The standard InChI is InChI=1S/C22H17N3O2S2/c1-14(26)23-17-9-7-16(8-10-17)19-13-29-22(24-19)25-21(27)20-18(11-12-28-20)15-5-3-2-4-6-15/h2-13H,1H3,(H,23,26)(H,24,25,27). The van der Waals surface area contributed by atoms with Crippen LogP contribution in [0.3, 0.4) is 0 Å². The third kappa shape index (κ3) is 4.42. The van der Waals surface area contributed by atoms with Crippen molar-refractivity contribution in [2.45, 2.75) is 6.92 Å². The molecule has 0 saturated heterocycles. The van der Waals surface area contributed by atoms with Crippen molar-refractivity contribution < 1.29 is 9.59 Å². The van der Waals surface area contributed by atoms with Crippen LogP contribution in [0.15, 0.2) is 71.4 Å². The first-order valence-corrected chi connectivity index (χ1v) is 10.6. The number of anilines is 2. The Morgan fingerprint density at radius 2 is 1.62 bits per heavy atom. The lowest BCUT2D eigenvalue weighted by Gasteiger charge is -2.04. The zero-order chi connectivity index (χ0) is 20.2. The maximum atomic E-state index is 12.8. The average molecular weight is 420 g/mol. The number of carbonyl (C=O) groups is 2. The van der Waals surface area contributed by atoms with E-state index in [1.165, 1.54) is 29.6 Å². The summed E-state index contributed by atoms with van der Waals surface area (Å²) in [6, 6.07) is 19.2. The average Bonchev–Trinajstić information content (AvgIpc) is 3.38. The molecule has 0 aliphatic carbocycles. The molecule has 0 spiro atoms. The summed E-state index contributed by atoms with van der Waals surface area (Å²) in [5.41, 5.74) is 4.35. The second-order valence-electron chi connectivity index (χ2n) is 6.28. The number of hydrogen-bond acceptors (Lipinski definition) is 5. The van der Waals surface area contributed by atoms with Crippen LogP contribution in [0.5, 0.6) is 0 Å². The van der Waals surface area contributed by atoms with Crippen molar-refractivity contribution >= 4 is 45.3 Å². The second kappa shape index (κ2) is 8.38. The van der Waals surface area contributed by atoms with Gasteiger partial charge >= 0.3 is 0 Å². The lowest BCUT2D eigenvalue weighted by molar-refractivity contribution is -0.114. The fourth-order valence-corrected chi connectivity index (χ4v) is 4.40. The van der Waals surface area contributed by atoms with Crippen LogP contribution in [0, 0.1) is 0 Å². The fourth-order valence-electron chi connectivity index (χ4n) is 2.88. The van der Waals surface area contributed by atoms with Crippen LogP contribution >= 0.6 is 22.7 Å². The summed E-state index contributed by atoms with van der Waals surface area (Å²) >= 11 is 2.79. The predicted molar refractivity (Wildman–Crippen MR) is 120 cm³/mol. The summed E-state index contributed by atoms with van der Waals surface area (Å²) in [6.45, 7) is 1.47. The van der Waals surface area contributed by atoms with Gasteiger partial charge in [-0.3, -0.25) is 14.9 Å². The van der Waals surface area contributed by atoms with Crippen molar-refractivity contribution in [1.29, 1.82) is 0 Å². The molecule has 7 heteroatoms. The number of aromatic nitrogens is 1. The summed E-state index contributed by atoms with van der Waals surface area (Å²) in [7, 11) is 0. The van der Waals surface area contributed by atoms with Gasteiger partial charge in [0.1, 0.15) is 4.88 Å². The molecule has 29 heavy (non-hydrogen) atoms. The van der Waals surface area contributed by atoms with Gasteiger partial charge in [0.2, 0.25) is 5.91 Å². The van der Waals surface area contributed by atoms with E-state index in [1.807, 2.05) is 71.4 Å². The third-order valence-electron chi connectivity index (χ3n) is 4.18. The largest absolute Gasteiger partial charge is 0.326 e. The van der Waals surface area contributed by atoms with Gasteiger partial charge in [0.25, 0.3) is 5.91 Å². The number of thiazole rings is 1. The summed E-state index contributed by atoms with van der Waals surface area (Å²) in [4.78, 5) is 29.1. The Morgan fingerprint density at radius 1 is 0.862 bits per heavy atom. The fraction of sp³-hybridized carbons (Fsp3) is 0.0455. The highest BCUT2D eigenvalue weighted by Crippen LogP contribution is 2.30. The maximum absolute atomic E-state index is 12.8. The normalized spacial score (nSPS) is 10.5. The Bertz CT molecular complexity index is 1150. The minimum absolute atomic E-state index is 0.111. The summed E-state index contributed by atoms with van der Waals surface area (Å²) in [5, 5.41) is 10.0. The number of amides is 2. The molecule has 0 aliphatic heterocycles. The minimum atomic E-state index is -0.166. The molecule has 0 unspecified atom stereocenters. The molecule has 2 aromatic heterocycles. The SMILES string of the molecule is CC(=O)Nc1ccc(-c2csc(NC(=O)c3sccc3-c3ccccc3)n2)cc1. The second-order valence-corrected chi connectivity index (χ2v) is 8.05. The summed E-state index contributed by atoms with van der Waals surface area (Å²) in [5.74, 6) is -0.277. The maximum Gasteiger partial charge on any atom is 0.268 e. The Balaban J connectivity index is 1.49. The summed E-state index contributed by atoms with van der Waals surface area (Å²) < 4.78 is 0. The highest BCUT2D eigenvalue weighted by Gasteiger charge is 2.16. The Labute approximate surface area is 176 Å². The molecule has 0 aliphatic rings. The summed E-state index contributed by atoms with van der Waals surface area (Å²) in [6.07, 6.45) is 0. The number of benzene rings is 2. The van der Waals surface area contributed by atoms with Crippen LogP contribution in [0.25, 0.3) is 22.4 Å². The van der Waals surface area contributed by atoms with E-state index in [0.717, 1.165) is 28.1 Å². The van der Waals surface area contributed by atoms with Gasteiger partial charge in [-0.25, -0.2) is 4.98 Å². The van der Waals surface area contributed by atoms with Crippen LogP contribution in [0.2, 0.25) is 0 Å². The number of rotatable bonds is 5. The van der Waals surface area contributed by atoms with E-state index in [4.69, 9.17) is 0 Å². The highest BCUT2D eigenvalue weighted by atomic mass is 32.1. The quantitative estimate of drug-likeness (QED) is 0.433. The van der Waals surface area contributed by atoms with Crippen molar-refractivity contribution in [2.75, 3.05) is 10.6 Å². The first-order chi connectivity index (χ1) is 14.1. The van der Waals surface area contributed by atoms with Crippen molar-refractivity contribution in [1.82, 2.24) is 4.98 Å². The molecule has 0 fully saturated rings. The molecule has 0 saturated carbocycles. The van der Waals surface area contributed by atoms with E-state index < -0.39 is 0 Å². The van der Waals surface area contributed by atoms with Crippen molar-refractivity contribution in [2.24, 2.45) is 0 Å². The molecular formula is C22H17N3O2S2. The zero-order valence-electron chi connectivity index (χ0n) is 15.5. The lowest BCUT2D eigenvalue weighted by atomic mass is 10.1. The van der Waals surface area contributed by atoms with Gasteiger partial charge in [0.05, 0.1) is 5.69 Å². The van der Waals surface area contributed by atoms with E-state index in [0.29, 0.717) is 10.0 Å². The number of nitrogens with one attached hydrogen (secondary N) is 2. The van der Waals surface area contributed by atoms with Crippen molar-refractivity contribution in [3.05, 3.63) is 76.3 Å². The van der Waals surface area contributed by atoms with Gasteiger partial charge in [-0.2, -0.15) is 0 Å². The van der Waals surface area contributed by atoms with Crippen molar-refractivity contribution in [3.8, 4) is 22.4 Å². The zero-order valence-corrected chi connectivity index (χ0v) is 17.1. The van der Waals surface area contributed by atoms with Gasteiger partial charge in [0, 0.05) is 29.1 Å². The van der Waals surface area contributed by atoms with E-state index in [2.05, 4.69) is 15.6 Å². The number of thiophene rings is 1. The molecular weight excluding hydrogens is 402 g/mol. The molecule has 2 heterocycles. The first-order valence-electron chi connectivity index (χ1n) is 8.88. The van der Waals surface area contributed by atoms with Gasteiger partial charge < -0.3 is 5.32 Å². The molecule has 2 N–H and O–H groups in total. The van der Waals surface area contributed by atoms with Gasteiger partial charge in [0.15, 0.2) is 5.13 Å². The van der Waals surface area contributed by atoms with Crippen LogP contribution in [-0.4, -0.2) is 16.8 Å². The molecule has 5 nitrogen and oxygen atoms in total. The molecule has 0 bridgehead atoms. The Morgan fingerprint density at radius 3 is 2.34 bits per heavy atom. The molecule has 0 radical (unpaired) electrons. The number of nitrogens with zero attached hydrogens (tertiary/aromatic N) is 1. The predicted octanol–water partition coefficient (Wildman–Crippen LogP) is 5.75. The van der Waals surface area contributed by atoms with Crippen LogP contribution < -0.4 is 10.6 Å². The lowest BCUT2D eigenvalue weighted by Crippen LogP contribution is -2.11. The highest BCUT2D eigenvalue weighted by molar-refractivity contribution is 7.15. The molecule has 2 amide bonds. The molecule has 144 valence electrons.